The van der Waals surface area contributed by atoms with Crippen LogP contribution in [0.15, 0.2) is 12.2 Å². The zero-order chi connectivity index (χ0) is 10.3. The van der Waals surface area contributed by atoms with Crippen molar-refractivity contribution in [2.45, 2.75) is 19.3 Å². The Hall–Kier alpha value is -1.32. The Labute approximate surface area is 81.2 Å². The van der Waals surface area contributed by atoms with E-state index in [1.54, 1.807) is 0 Å². The minimum Gasteiger partial charge on any atom is -0.481 e. The molecule has 0 radical (unpaired) electrons. The van der Waals surface area contributed by atoms with Crippen molar-refractivity contribution in [1.29, 1.82) is 0 Å². The van der Waals surface area contributed by atoms with E-state index in [0.29, 0.717) is 6.42 Å². The lowest BCUT2D eigenvalue weighted by atomic mass is 9.73. The maximum atomic E-state index is 11.2. The highest BCUT2D eigenvalue weighted by Gasteiger charge is 2.54. The second-order valence-electron chi connectivity index (χ2n) is 4.22. The zero-order valence-electron chi connectivity index (χ0n) is 7.64. The summed E-state index contributed by atoms with van der Waals surface area (Å²) in [7, 11) is 0. The molecule has 0 heterocycles. The fourth-order valence-electron chi connectivity index (χ4n) is 2.75. The topological polar surface area (TPSA) is 74.6 Å². The van der Waals surface area contributed by atoms with E-state index < -0.39 is 17.4 Å². The molecular formula is C10H12O4. The third kappa shape index (κ3) is 1.14. The number of carboxylic acid groups (broad SMARTS) is 2. The monoisotopic (exact) mass is 196 g/mol. The Morgan fingerprint density at radius 2 is 2.07 bits per heavy atom. The van der Waals surface area contributed by atoms with Crippen molar-refractivity contribution in [2.24, 2.45) is 17.3 Å². The van der Waals surface area contributed by atoms with Gasteiger partial charge in [0.25, 0.3) is 0 Å². The molecule has 1 saturated carbocycles. The van der Waals surface area contributed by atoms with Gasteiger partial charge < -0.3 is 10.2 Å². The van der Waals surface area contributed by atoms with Crippen LogP contribution in [-0.2, 0) is 9.59 Å². The van der Waals surface area contributed by atoms with E-state index in [2.05, 4.69) is 0 Å². The highest BCUT2D eigenvalue weighted by molar-refractivity contribution is 5.82. The maximum Gasteiger partial charge on any atom is 0.310 e. The minimum absolute atomic E-state index is 0.0823. The molecule has 0 aromatic carbocycles. The molecule has 3 atom stereocenters. The second-order valence-corrected chi connectivity index (χ2v) is 4.22. The molecule has 2 aliphatic rings. The molecule has 2 N–H and O–H groups in total. The summed E-state index contributed by atoms with van der Waals surface area (Å²) in [6.07, 6.45) is 4.90. The standard InChI is InChI=1S/C10H12O4/c11-8(12)5-10(9(13)14)4-6-1-2-7(10)3-6/h1-2,6-7H,3-5H2,(H,11,12)(H,13,14)/t6-,7-,10+/m1/s1. The van der Waals surface area contributed by atoms with Crippen LogP contribution in [0.4, 0.5) is 0 Å². The molecule has 14 heavy (non-hydrogen) atoms. The molecule has 0 amide bonds. The number of allylic oxidation sites excluding steroid dienone is 2. The van der Waals surface area contributed by atoms with Crippen LogP contribution in [0.5, 0.6) is 0 Å². The first-order valence-electron chi connectivity index (χ1n) is 4.68. The molecule has 0 aliphatic heterocycles. The fourth-order valence-corrected chi connectivity index (χ4v) is 2.75. The number of aliphatic carboxylic acids is 2. The van der Waals surface area contributed by atoms with Crippen LogP contribution in [0.2, 0.25) is 0 Å². The average Bonchev–Trinajstić information content (AvgIpc) is 2.61. The van der Waals surface area contributed by atoms with Crippen LogP contribution >= 0.6 is 0 Å². The van der Waals surface area contributed by atoms with Gasteiger partial charge in [0.1, 0.15) is 0 Å². The molecule has 2 bridgehead atoms. The van der Waals surface area contributed by atoms with Gasteiger partial charge in [-0.3, -0.25) is 9.59 Å². The lowest BCUT2D eigenvalue weighted by Crippen LogP contribution is -2.37. The van der Waals surface area contributed by atoms with E-state index in [-0.39, 0.29) is 18.3 Å². The van der Waals surface area contributed by atoms with Crippen molar-refractivity contribution >= 4 is 11.9 Å². The van der Waals surface area contributed by atoms with Crippen molar-refractivity contribution < 1.29 is 19.8 Å². The quantitative estimate of drug-likeness (QED) is 0.663. The van der Waals surface area contributed by atoms with Crippen LogP contribution in [-0.4, -0.2) is 22.2 Å². The van der Waals surface area contributed by atoms with Crippen LogP contribution in [0.25, 0.3) is 0 Å². The Morgan fingerprint density at radius 3 is 2.43 bits per heavy atom. The largest absolute Gasteiger partial charge is 0.481 e. The van der Waals surface area contributed by atoms with Crippen LogP contribution in [0, 0.1) is 17.3 Å². The first kappa shape index (κ1) is 9.24. The van der Waals surface area contributed by atoms with Crippen molar-refractivity contribution in [1.82, 2.24) is 0 Å². The van der Waals surface area contributed by atoms with Gasteiger partial charge >= 0.3 is 11.9 Å². The molecule has 2 rings (SSSR count). The number of hydrogen-bond donors (Lipinski definition) is 2. The highest BCUT2D eigenvalue weighted by Crippen LogP contribution is 2.54. The van der Waals surface area contributed by atoms with E-state index in [0.717, 1.165) is 6.42 Å². The summed E-state index contributed by atoms with van der Waals surface area (Å²) in [5.74, 6) is -1.79. The van der Waals surface area contributed by atoms with Crippen LogP contribution in [0.1, 0.15) is 19.3 Å². The zero-order valence-corrected chi connectivity index (χ0v) is 7.64. The Kier molecular flexibility index (Phi) is 1.87. The molecule has 2 aliphatic carbocycles. The van der Waals surface area contributed by atoms with Crippen molar-refractivity contribution in [3.8, 4) is 0 Å². The number of fused-ring (bicyclic) bond motifs is 2. The Bertz CT molecular complexity index is 320. The van der Waals surface area contributed by atoms with E-state index in [1.165, 1.54) is 0 Å². The van der Waals surface area contributed by atoms with Crippen LogP contribution in [0.3, 0.4) is 0 Å². The van der Waals surface area contributed by atoms with Gasteiger partial charge in [-0.2, -0.15) is 0 Å². The van der Waals surface area contributed by atoms with Gasteiger partial charge in [-0.25, -0.2) is 0 Å². The highest BCUT2D eigenvalue weighted by atomic mass is 16.4. The fraction of sp³-hybridized carbons (Fsp3) is 0.600. The summed E-state index contributed by atoms with van der Waals surface area (Å²) in [6, 6.07) is 0. The minimum atomic E-state index is -1.04. The third-order valence-corrected chi connectivity index (χ3v) is 3.40. The smallest absolute Gasteiger partial charge is 0.310 e. The summed E-state index contributed by atoms with van der Waals surface area (Å²) in [6.45, 7) is 0. The number of carbonyl (C=O) groups is 2. The number of carboxylic acids is 2. The summed E-state index contributed by atoms with van der Waals surface area (Å²) < 4.78 is 0. The van der Waals surface area contributed by atoms with E-state index in [9.17, 15) is 9.59 Å². The van der Waals surface area contributed by atoms with Crippen molar-refractivity contribution in [2.75, 3.05) is 0 Å². The molecule has 1 fully saturated rings. The number of hydrogen-bond acceptors (Lipinski definition) is 2. The summed E-state index contributed by atoms with van der Waals surface area (Å²) in [4.78, 5) is 21.8. The normalized spacial score (nSPS) is 38.9. The van der Waals surface area contributed by atoms with Gasteiger partial charge in [-0.1, -0.05) is 12.2 Å². The SMILES string of the molecule is O=C(O)C[C@@]1(C(=O)O)C[C@@H]2C=C[C@@H]1C2. The van der Waals surface area contributed by atoms with E-state index in [4.69, 9.17) is 10.2 Å². The molecule has 0 aromatic heterocycles. The molecule has 0 aromatic rings. The van der Waals surface area contributed by atoms with E-state index in [1.807, 2.05) is 12.2 Å². The van der Waals surface area contributed by atoms with E-state index >= 15 is 0 Å². The summed E-state index contributed by atoms with van der Waals surface area (Å²) in [5, 5.41) is 17.9. The first-order valence-corrected chi connectivity index (χ1v) is 4.68. The van der Waals surface area contributed by atoms with Gasteiger partial charge in [-0.05, 0) is 24.7 Å². The molecule has 0 spiro atoms. The van der Waals surface area contributed by atoms with Crippen molar-refractivity contribution in [3.63, 3.8) is 0 Å². The molecule has 4 nitrogen and oxygen atoms in total. The molecule has 0 unspecified atom stereocenters. The lowest BCUT2D eigenvalue weighted by Gasteiger charge is -2.29. The van der Waals surface area contributed by atoms with Gasteiger partial charge in [-0.15, -0.1) is 0 Å². The Morgan fingerprint density at radius 1 is 1.36 bits per heavy atom. The predicted molar refractivity (Wildman–Crippen MR) is 47.7 cm³/mol. The van der Waals surface area contributed by atoms with Gasteiger partial charge in [0, 0.05) is 0 Å². The molecule has 76 valence electrons. The molecule has 0 saturated heterocycles. The predicted octanol–water partition coefficient (Wildman–Crippen LogP) is 1.13. The number of rotatable bonds is 3. The van der Waals surface area contributed by atoms with Gasteiger partial charge in [0.15, 0.2) is 0 Å². The average molecular weight is 196 g/mol. The summed E-state index contributed by atoms with van der Waals surface area (Å²) >= 11 is 0. The first-order chi connectivity index (χ1) is 6.54. The van der Waals surface area contributed by atoms with Crippen LogP contribution < -0.4 is 0 Å². The molecule has 4 heteroatoms. The van der Waals surface area contributed by atoms with Crippen molar-refractivity contribution in [3.05, 3.63) is 12.2 Å². The maximum absolute atomic E-state index is 11.2. The van der Waals surface area contributed by atoms with Gasteiger partial charge in [0.2, 0.25) is 0 Å². The molecular weight excluding hydrogens is 184 g/mol. The summed E-state index contributed by atoms with van der Waals surface area (Å²) in [5.41, 5.74) is -1.04. The third-order valence-electron chi connectivity index (χ3n) is 3.40. The second kappa shape index (κ2) is 2.83. The Balaban J connectivity index is 2.29. The lowest BCUT2D eigenvalue weighted by molar-refractivity contribution is -0.157. The van der Waals surface area contributed by atoms with Gasteiger partial charge in [0.05, 0.1) is 11.8 Å².